The number of para-hydroxylation sites is 1. The van der Waals surface area contributed by atoms with Crippen molar-refractivity contribution in [3.05, 3.63) is 95.3 Å². The summed E-state index contributed by atoms with van der Waals surface area (Å²) in [6.45, 7) is 1.45. The molecule has 0 bridgehead atoms. The van der Waals surface area contributed by atoms with Crippen molar-refractivity contribution in [2.45, 2.75) is 19.8 Å². The van der Waals surface area contributed by atoms with Crippen LogP contribution in [0, 0.1) is 12.7 Å². The zero-order chi connectivity index (χ0) is 22.9. The van der Waals surface area contributed by atoms with Crippen molar-refractivity contribution in [3.63, 3.8) is 0 Å². The number of nitrogens with one attached hydrogen (secondary N) is 2. The largest absolute Gasteiger partial charge is 0.456 e. The van der Waals surface area contributed by atoms with Crippen LogP contribution < -0.4 is 10.6 Å². The number of hydrogen-bond acceptors (Lipinski definition) is 4. The van der Waals surface area contributed by atoms with Gasteiger partial charge in [-0.2, -0.15) is 0 Å². The summed E-state index contributed by atoms with van der Waals surface area (Å²) in [6.07, 6.45) is 0.442. The number of halogens is 1. The molecule has 3 aromatic carbocycles. The topological polar surface area (TPSA) is 84.5 Å². The van der Waals surface area contributed by atoms with E-state index in [0.29, 0.717) is 17.8 Å². The second kappa shape index (κ2) is 10.9. The van der Waals surface area contributed by atoms with Gasteiger partial charge in [0.1, 0.15) is 5.82 Å². The summed E-state index contributed by atoms with van der Waals surface area (Å²) in [4.78, 5) is 36.8. The van der Waals surface area contributed by atoms with Crippen molar-refractivity contribution in [2.75, 3.05) is 17.2 Å². The minimum absolute atomic E-state index is 0.0639. The van der Waals surface area contributed by atoms with Gasteiger partial charge < -0.3 is 15.4 Å². The molecule has 0 heterocycles. The molecule has 6 nitrogen and oxygen atoms in total. The Bertz CT molecular complexity index is 1110. The van der Waals surface area contributed by atoms with Gasteiger partial charge in [0.05, 0.1) is 11.3 Å². The lowest BCUT2D eigenvalue weighted by molar-refractivity contribution is -0.147. The summed E-state index contributed by atoms with van der Waals surface area (Å²) in [5.41, 5.74) is 3.04. The van der Waals surface area contributed by atoms with E-state index in [-0.39, 0.29) is 23.7 Å². The Balaban J connectivity index is 1.52. The van der Waals surface area contributed by atoms with Crippen LogP contribution in [0.5, 0.6) is 0 Å². The van der Waals surface area contributed by atoms with Crippen molar-refractivity contribution in [2.24, 2.45) is 0 Å². The molecule has 3 rings (SSSR count). The second-order valence-corrected chi connectivity index (χ2v) is 7.20. The van der Waals surface area contributed by atoms with Gasteiger partial charge in [0.15, 0.2) is 6.61 Å². The van der Waals surface area contributed by atoms with E-state index in [1.54, 1.807) is 42.5 Å². The van der Waals surface area contributed by atoms with Crippen molar-refractivity contribution < 1.29 is 23.5 Å². The van der Waals surface area contributed by atoms with Crippen molar-refractivity contribution in [1.82, 2.24) is 0 Å². The molecule has 7 heteroatoms. The molecule has 0 aliphatic heterocycles. The van der Waals surface area contributed by atoms with E-state index in [2.05, 4.69) is 10.6 Å². The molecule has 32 heavy (non-hydrogen) atoms. The number of esters is 1. The minimum Gasteiger partial charge on any atom is -0.456 e. The number of rotatable bonds is 8. The highest BCUT2D eigenvalue weighted by molar-refractivity contribution is 6.10. The van der Waals surface area contributed by atoms with Crippen molar-refractivity contribution in [3.8, 4) is 0 Å². The number of benzene rings is 3. The molecular weight excluding hydrogens is 411 g/mol. The molecule has 2 N–H and O–H groups in total. The lowest BCUT2D eigenvalue weighted by Crippen LogP contribution is -2.23. The number of carbonyl (C=O) groups is 3. The first-order chi connectivity index (χ1) is 15.4. The third-order valence-corrected chi connectivity index (χ3v) is 4.62. The van der Waals surface area contributed by atoms with Crippen LogP contribution in [0.3, 0.4) is 0 Å². The van der Waals surface area contributed by atoms with E-state index in [1.807, 2.05) is 25.1 Å². The fraction of sp³-hybridized carbons (Fsp3) is 0.160. The molecular formula is C25H23FN2O4. The molecule has 0 fully saturated rings. The summed E-state index contributed by atoms with van der Waals surface area (Å²) in [7, 11) is 0. The quantitative estimate of drug-likeness (QED) is 0.511. The average Bonchev–Trinajstić information content (AvgIpc) is 2.77. The highest BCUT2D eigenvalue weighted by atomic mass is 19.1. The van der Waals surface area contributed by atoms with Crippen LogP contribution in [0.25, 0.3) is 0 Å². The van der Waals surface area contributed by atoms with Gasteiger partial charge in [-0.05, 0) is 60.9 Å². The van der Waals surface area contributed by atoms with Crippen LogP contribution in [0.2, 0.25) is 0 Å². The number of carbonyl (C=O) groups excluding carboxylic acids is 3. The van der Waals surface area contributed by atoms with Crippen LogP contribution in [0.1, 0.15) is 27.9 Å². The SMILES string of the molecule is Cc1cccc(NC(=O)c2ccccc2NC(=O)COC(=O)CCc2ccc(F)cc2)c1. The van der Waals surface area contributed by atoms with Gasteiger partial charge in [-0.15, -0.1) is 0 Å². The van der Waals surface area contributed by atoms with Crippen LogP contribution >= 0.6 is 0 Å². The lowest BCUT2D eigenvalue weighted by atomic mass is 10.1. The first-order valence-corrected chi connectivity index (χ1v) is 10.1. The van der Waals surface area contributed by atoms with Gasteiger partial charge in [-0.3, -0.25) is 14.4 Å². The molecule has 0 aliphatic carbocycles. The fourth-order valence-electron chi connectivity index (χ4n) is 3.01. The highest BCUT2D eigenvalue weighted by Crippen LogP contribution is 2.18. The molecule has 0 spiro atoms. The molecule has 3 aromatic rings. The van der Waals surface area contributed by atoms with E-state index in [9.17, 15) is 18.8 Å². The molecule has 0 saturated carbocycles. The zero-order valence-corrected chi connectivity index (χ0v) is 17.6. The summed E-state index contributed by atoms with van der Waals surface area (Å²) >= 11 is 0. The zero-order valence-electron chi connectivity index (χ0n) is 17.6. The Labute approximate surface area is 185 Å². The van der Waals surface area contributed by atoms with Crippen molar-refractivity contribution >= 4 is 29.2 Å². The Morgan fingerprint density at radius 3 is 2.41 bits per heavy atom. The van der Waals surface area contributed by atoms with Gasteiger partial charge in [-0.25, -0.2) is 4.39 Å². The van der Waals surface area contributed by atoms with E-state index in [4.69, 9.17) is 4.74 Å². The maximum absolute atomic E-state index is 12.9. The number of anilines is 2. The van der Waals surface area contributed by atoms with Crippen molar-refractivity contribution in [1.29, 1.82) is 0 Å². The van der Waals surface area contributed by atoms with Crippen LogP contribution in [0.15, 0.2) is 72.8 Å². The standard InChI is InChI=1S/C25H23FN2O4/c1-17-5-4-6-20(15-17)27-25(31)21-7-2-3-8-22(21)28-23(29)16-32-24(30)14-11-18-9-12-19(26)13-10-18/h2-10,12-13,15H,11,14,16H2,1H3,(H,27,31)(H,28,29). The van der Waals surface area contributed by atoms with Crippen LogP contribution in [-0.4, -0.2) is 24.4 Å². The second-order valence-electron chi connectivity index (χ2n) is 7.20. The molecule has 164 valence electrons. The number of ether oxygens (including phenoxy) is 1. The monoisotopic (exact) mass is 434 g/mol. The summed E-state index contributed by atoms with van der Waals surface area (Å²) < 4.78 is 17.9. The predicted octanol–water partition coefficient (Wildman–Crippen LogP) is 4.50. The van der Waals surface area contributed by atoms with Gasteiger partial charge >= 0.3 is 5.97 Å². The smallest absolute Gasteiger partial charge is 0.306 e. The third-order valence-electron chi connectivity index (χ3n) is 4.62. The third kappa shape index (κ3) is 6.77. The number of hydrogen-bond donors (Lipinski definition) is 2. The van der Waals surface area contributed by atoms with Gasteiger partial charge in [0.25, 0.3) is 11.8 Å². The van der Waals surface area contributed by atoms with E-state index < -0.39 is 18.5 Å². The fourth-order valence-corrected chi connectivity index (χ4v) is 3.01. The lowest BCUT2D eigenvalue weighted by Gasteiger charge is -2.12. The van der Waals surface area contributed by atoms with Gasteiger partial charge in [-0.1, -0.05) is 36.4 Å². The first-order valence-electron chi connectivity index (χ1n) is 10.1. The molecule has 0 saturated heterocycles. The number of amides is 2. The Morgan fingerprint density at radius 2 is 1.66 bits per heavy atom. The molecule has 0 atom stereocenters. The Hall–Kier alpha value is -4.00. The van der Waals surface area contributed by atoms with Gasteiger partial charge in [0, 0.05) is 12.1 Å². The van der Waals surface area contributed by atoms with E-state index >= 15 is 0 Å². The summed E-state index contributed by atoms with van der Waals surface area (Å²) in [5, 5.41) is 5.40. The van der Waals surface area contributed by atoms with Crippen LogP contribution in [0.4, 0.5) is 15.8 Å². The molecule has 0 unspecified atom stereocenters. The predicted molar refractivity (Wildman–Crippen MR) is 120 cm³/mol. The Kier molecular flexibility index (Phi) is 7.70. The molecule has 0 aliphatic rings. The average molecular weight is 434 g/mol. The van der Waals surface area contributed by atoms with Crippen LogP contribution in [-0.2, 0) is 20.7 Å². The Morgan fingerprint density at radius 1 is 0.906 bits per heavy atom. The highest BCUT2D eigenvalue weighted by Gasteiger charge is 2.15. The summed E-state index contributed by atoms with van der Waals surface area (Å²) in [6, 6.07) is 19.8. The molecule has 2 amide bonds. The maximum Gasteiger partial charge on any atom is 0.306 e. The molecule has 0 aromatic heterocycles. The molecule has 0 radical (unpaired) electrons. The normalized spacial score (nSPS) is 10.3. The van der Waals surface area contributed by atoms with E-state index in [1.165, 1.54) is 12.1 Å². The first kappa shape index (κ1) is 22.7. The van der Waals surface area contributed by atoms with E-state index in [0.717, 1.165) is 11.1 Å². The summed E-state index contributed by atoms with van der Waals surface area (Å²) in [5.74, 6) is -1.82. The minimum atomic E-state index is -0.559. The number of aryl methyl sites for hydroxylation is 2. The maximum atomic E-state index is 12.9. The van der Waals surface area contributed by atoms with Gasteiger partial charge in [0.2, 0.25) is 0 Å².